The number of anilines is 1. The maximum atomic E-state index is 13.7. The minimum Gasteiger partial charge on any atom is -0.490 e. The minimum atomic E-state index is -0.793. The van der Waals surface area contributed by atoms with Crippen LogP contribution >= 0.6 is 11.6 Å². The number of carbonyl (C=O) groups excluding carboxylic acids is 2. The summed E-state index contributed by atoms with van der Waals surface area (Å²) in [6.45, 7) is 6.79. The summed E-state index contributed by atoms with van der Waals surface area (Å²) < 4.78 is 11.7. The van der Waals surface area contributed by atoms with Crippen LogP contribution in [-0.2, 0) is 22.5 Å². The maximum absolute atomic E-state index is 13.7. The molecule has 1 aliphatic rings. The zero-order valence-corrected chi connectivity index (χ0v) is 23.1. The summed E-state index contributed by atoms with van der Waals surface area (Å²) in [5.74, 6) is 0.192. The molecule has 2 N–H and O–H groups in total. The largest absolute Gasteiger partial charge is 0.490 e. The molecule has 0 spiro atoms. The third kappa shape index (κ3) is 6.85. The summed E-state index contributed by atoms with van der Waals surface area (Å²) in [7, 11) is 3.93. The van der Waals surface area contributed by atoms with Crippen LogP contribution in [0.2, 0.25) is 5.02 Å². The number of H-pyrrole nitrogens is 1. The molecule has 10 heteroatoms. The lowest BCUT2D eigenvalue weighted by atomic mass is 9.93. The van der Waals surface area contributed by atoms with E-state index in [1.54, 1.807) is 45.3 Å². The highest BCUT2D eigenvalue weighted by molar-refractivity contribution is 6.30. The first-order valence-electron chi connectivity index (χ1n) is 12.5. The molecular weight excluding hydrogens is 506 g/mol. The average molecular weight is 540 g/mol. The third-order valence-corrected chi connectivity index (χ3v) is 6.33. The normalized spacial score (nSPS) is 15.2. The summed E-state index contributed by atoms with van der Waals surface area (Å²) in [6, 6.07) is 10.3. The molecule has 1 aliphatic heterocycles. The van der Waals surface area contributed by atoms with Crippen molar-refractivity contribution in [2.24, 2.45) is 0 Å². The van der Waals surface area contributed by atoms with Gasteiger partial charge in [-0.05, 0) is 75.8 Å². The lowest BCUT2D eigenvalue weighted by Gasteiger charge is -2.37. The number of aromatic nitrogens is 2. The quantitative estimate of drug-likeness (QED) is 0.440. The second-order valence-electron chi connectivity index (χ2n) is 10.6. The molecule has 38 heavy (non-hydrogen) atoms. The number of carbonyl (C=O) groups is 2. The van der Waals surface area contributed by atoms with Crippen molar-refractivity contribution in [2.75, 3.05) is 32.6 Å². The monoisotopic (exact) mass is 539 g/mol. The fraction of sp³-hybridized carbons (Fsp3) is 0.393. The first kappa shape index (κ1) is 27.5. The fourth-order valence-electron chi connectivity index (χ4n) is 4.19. The van der Waals surface area contributed by atoms with E-state index in [1.807, 2.05) is 43.3 Å². The summed E-state index contributed by atoms with van der Waals surface area (Å²) in [5.41, 5.74) is 3.47. The van der Waals surface area contributed by atoms with Gasteiger partial charge in [0.2, 0.25) is 5.91 Å². The Kier molecular flexibility index (Phi) is 8.28. The van der Waals surface area contributed by atoms with Gasteiger partial charge < -0.3 is 19.7 Å². The number of benzene rings is 2. The number of hydrogen-bond acceptors (Lipinski definition) is 6. The van der Waals surface area contributed by atoms with Gasteiger partial charge in [-0.3, -0.25) is 14.8 Å². The number of rotatable bonds is 7. The van der Waals surface area contributed by atoms with Gasteiger partial charge in [-0.15, -0.1) is 0 Å². The van der Waals surface area contributed by atoms with Crippen LogP contribution in [0.5, 0.6) is 5.75 Å². The van der Waals surface area contributed by atoms with Crippen LogP contribution in [0.15, 0.2) is 48.8 Å². The standard InChI is InChI=1S/C28H34ClN5O4/c1-28(2,3)38-27(36)34-17-19-6-8-22(29)12-20(19)13-24(34)26(35)32-23-9-7-18(21-15-30-31-16-21)14-25(23)37-11-10-33(4)5/h6-9,12,14-16,24H,10-11,13,17H2,1-5H3,(H,30,31)(H,32,35)/t24-/m0/s1. The number of amides is 2. The van der Waals surface area contributed by atoms with Crippen LogP contribution in [0.25, 0.3) is 11.1 Å². The highest BCUT2D eigenvalue weighted by Crippen LogP contribution is 2.33. The molecular formula is C28H34ClN5O4. The van der Waals surface area contributed by atoms with Gasteiger partial charge >= 0.3 is 6.09 Å². The Labute approximate surface area is 228 Å². The van der Waals surface area contributed by atoms with E-state index in [-0.39, 0.29) is 12.5 Å². The first-order valence-corrected chi connectivity index (χ1v) is 12.9. The molecule has 3 aromatic rings. The SMILES string of the molecule is CN(C)CCOc1cc(-c2cn[nH]c2)ccc1NC(=O)[C@@H]1Cc2cc(Cl)ccc2CN1C(=O)OC(C)(C)C. The number of likely N-dealkylation sites (N-methyl/N-ethyl adjacent to an activating group) is 1. The van der Waals surface area contributed by atoms with Crippen molar-refractivity contribution in [1.29, 1.82) is 0 Å². The molecule has 1 atom stereocenters. The molecule has 2 heterocycles. The lowest BCUT2D eigenvalue weighted by molar-refractivity contribution is -0.121. The lowest BCUT2D eigenvalue weighted by Crippen LogP contribution is -2.52. The molecule has 0 saturated carbocycles. The number of ether oxygens (including phenoxy) is 2. The molecule has 0 fully saturated rings. The Morgan fingerprint density at radius 2 is 1.95 bits per heavy atom. The van der Waals surface area contributed by atoms with Gasteiger partial charge in [0.1, 0.15) is 24.0 Å². The van der Waals surface area contributed by atoms with E-state index in [9.17, 15) is 9.59 Å². The Morgan fingerprint density at radius 1 is 1.16 bits per heavy atom. The molecule has 2 aromatic carbocycles. The average Bonchev–Trinajstić information content (AvgIpc) is 3.38. The Morgan fingerprint density at radius 3 is 2.63 bits per heavy atom. The molecule has 0 aliphatic carbocycles. The molecule has 0 unspecified atom stereocenters. The van der Waals surface area contributed by atoms with Crippen molar-refractivity contribution in [3.63, 3.8) is 0 Å². The molecule has 0 radical (unpaired) electrons. The number of fused-ring (bicyclic) bond motifs is 1. The van der Waals surface area contributed by atoms with Crippen molar-refractivity contribution >= 4 is 29.3 Å². The summed E-state index contributed by atoms with van der Waals surface area (Å²) in [4.78, 5) is 30.4. The minimum absolute atomic E-state index is 0.241. The van der Waals surface area contributed by atoms with Gasteiger partial charge in [0.25, 0.3) is 0 Å². The highest BCUT2D eigenvalue weighted by Gasteiger charge is 2.37. The van der Waals surface area contributed by atoms with E-state index < -0.39 is 17.7 Å². The second kappa shape index (κ2) is 11.4. The number of nitrogens with one attached hydrogen (secondary N) is 2. The van der Waals surface area contributed by atoms with Crippen molar-refractivity contribution in [2.45, 2.75) is 45.4 Å². The Bertz CT molecular complexity index is 1290. The highest BCUT2D eigenvalue weighted by atomic mass is 35.5. The van der Waals surface area contributed by atoms with Gasteiger partial charge in [-0.1, -0.05) is 23.7 Å². The first-order chi connectivity index (χ1) is 18.0. The van der Waals surface area contributed by atoms with Gasteiger partial charge in [0.05, 0.1) is 18.4 Å². The molecule has 0 bridgehead atoms. The van der Waals surface area contributed by atoms with E-state index in [0.717, 1.165) is 22.3 Å². The Hall–Kier alpha value is -3.56. The maximum Gasteiger partial charge on any atom is 0.411 e. The van der Waals surface area contributed by atoms with Crippen LogP contribution in [-0.4, -0.2) is 70.9 Å². The molecule has 9 nitrogen and oxygen atoms in total. The number of nitrogens with zero attached hydrogens (tertiary/aromatic N) is 3. The van der Waals surface area contributed by atoms with Crippen LogP contribution in [0.3, 0.4) is 0 Å². The Balaban J connectivity index is 1.62. The van der Waals surface area contributed by atoms with Crippen LogP contribution in [0.4, 0.5) is 10.5 Å². The number of halogens is 1. The van der Waals surface area contributed by atoms with Crippen molar-refractivity contribution in [3.05, 3.63) is 64.9 Å². The topological polar surface area (TPSA) is 99.8 Å². The van der Waals surface area contributed by atoms with E-state index >= 15 is 0 Å². The van der Waals surface area contributed by atoms with E-state index in [4.69, 9.17) is 21.1 Å². The predicted molar refractivity (Wildman–Crippen MR) is 147 cm³/mol. The van der Waals surface area contributed by atoms with Gasteiger partial charge in [0, 0.05) is 29.7 Å². The van der Waals surface area contributed by atoms with E-state index in [2.05, 4.69) is 15.5 Å². The molecule has 202 valence electrons. The van der Waals surface area contributed by atoms with E-state index in [0.29, 0.717) is 36.0 Å². The number of aromatic amines is 1. The summed E-state index contributed by atoms with van der Waals surface area (Å²) in [6.07, 6.45) is 3.28. The smallest absolute Gasteiger partial charge is 0.411 e. The molecule has 4 rings (SSSR count). The zero-order chi connectivity index (χ0) is 27.4. The van der Waals surface area contributed by atoms with Gasteiger partial charge in [0.15, 0.2) is 0 Å². The fourth-order valence-corrected chi connectivity index (χ4v) is 4.38. The summed E-state index contributed by atoms with van der Waals surface area (Å²) in [5, 5.41) is 10.4. The van der Waals surface area contributed by atoms with Crippen LogP contribution < -0.4 is 10.1 Å². The van der Waals surface area contributed by atoms with Gasteiger partial charge in [-0.2, -0.15) is 5.10 Å². The molecule has 0 saturated heterocycles. The van der Waals surface area contributed by atoms with Crippen molar-refractivity contribution in [3.8, 4) is 16.9 Å². The van der Waals surface area contributed by atoms with Gasteiger partial charge in [-0.25, -0.2) is 4.79 Å². The number of hydrogen-bond donors (Lipinski definition) is 2. The molecule has 1 aromatic heterocycles. The van der Waals surface area contributed by atoms with Crippen molar-refractivity contribution < 1.29 is 19.1 Å². The summed E-state index contributed by atoms with van der Waals surface area (Å²) >= 11 is 6.24. The third-order valence-electron chi connectivity index (χ3n) is 6.10. The van der Waals surface area contributed by atoms with Crippen LogP contribution in [0, 0.1) is 0 Å². The zero-order valence-electron chi connectivity index (χ0n) is 22.4. The van der Waals surface area contributed by atoms with Crippen molar-refractivity contribution in [1.82, 2.24) is 20.0 Å². The predicted octanol–water partition coefficient (Wildman–Crippen LogP) is 4.97. The second-order valence-corrected chi connectivity index (χ2v) is 11.0. The van der Waals surface area contributed by atoms with Crippen LogP contribution in [0.1, 0.15) is 31.9 Å². The van der Waals surface area contributed by atoms with E-state index in [1.165, 1.54) is 4.90 Å². The molecule has 2 amide bonds.